The number of nitrogens with one attached hydrogen (secondary N) is 1. The van der Waals surface area contributed by atoms with E-state index in [0.29, 0.717) is 0 Å². The van der Waals surface area contributed by atoms with Crippen molar-refractivity contribution in [2.45, 2.75) is 19.9 Å². The lowest BCUT2D eigenvalue weighted by Crippen LogP contribution is -2.16. The van der Waals surface area contributed by atoms with Crippen LogP contribution in [0.25, 0.3) is 10.6 Å². The first-order valence-corrected chi connectivity index (χ1v) is 7.09. The van der Waals surface area contributed by atoms with Gasteiger partial charge >= 0.3 is 5.69 Å². The second-order valence-electron chi connectivity index (χ2n) is 4.36. The summed E-state index contributed by atoms with van der Waals surface area (Å²) in [4.78, 5) is 14.6. The van der Waals surface area contributed by atoms with E-state index >= 15 is 0 Å². The lowest BCUT2D eigenvalue weighted by molar-refractivity contribution is -0.387. The molecular formula is C13H13F2N3O2S. The Morgan fingerprint density at radius 1 is 1.48 bits per heavy atom. The summed E-state index contributed by atoms with van der Waals surface area (Å²) in [6, 6.07) is 1.68. The minimum absolute atomic E-state index is 0.00827. The van der Waals surface area contributed by atoms with Crippen LogP contribution >= 0.6 is 11.3 Å². The normalized spacial score (nSPS) is 12.4. The molecule has 0 fully saturated rings. The molecule has 5 nitrogen and oxygen atoms in total. The zero-order valence-electron chi connectivity index (χ0n) is 11.4. The highest BCUT2D eigenvalue weighted by atomic mass is 32.1. The van der Waals surface area contributed by atoms with E-state index in [1.54, 1.807) is 0 Å². The van der Waals surface area contributed by atoms with E-state index in [2.05, 4.69) is 10.3 Å². The number of halogens is 2. The van der Waals surface area contributed by atoms with Crippen LogP contribution in [-0.4, -0.2) is 16.5 Å². The van der Waals surface area contributed by atoms with E-state index in [0.717, 1.165) is 34.9 Å². The first kappa shape index (κ1) is 15.5. The molecule has 0 aliphatic rings. The Morgan fingerprint density at radius 3 is 2.81 bits per heavy atom. The lowest BCUT2D eigenvalue weighted by atomic mass is 10.2. The molecule has 0 saturated carbocycles. The van der Waals surface area contributed by atoms with Crippen molar-refractivity contribution in [1.29, 1.82) is 0 Å². The van der Waals surface area contributed by atoms with Crippen LogP contribution < -0.4 is 5.32 Å². The van der Waals surface area contributed by atoms with Gasteiger partial charge in [0.1, 0.15) is 10.8 Å². The zero-order valence-corrected chi connectivity index (χ0v) is 12.2. The Hall–Kier alpha value is -1.93. The fourth-order valence-corrected chi connectivity index (χ4v) is 2.87. The first-order chi connectivity index (χ1) is 9.95. The highest BCUT2D eigenvalue weighted by molar-refractivity contribution is 7.15. The van der Waals surface area contributed by atoms with Crippen molar-refractivity contribution in [1.82, 2.24) is 10.3 Å². The van der Waals surface area contributed by atoms with Gasteiger partial charge in [0.05, 0.1) is 10.5 Å². The molecule has 0 aliphatic carbocycles. The number of nitrogens with zero attached hydrogens (tertiary/aromatic N) is 2. The van der Waals surface area contributed by atoms with Crippen LogP contribution in [0.15, 0.2) is 18.3 Å². The summed E-state index contributed by atoms with van der Waals surface area (Å²) in [7, 11) is 0. The highest BCUT2D eigenvalue weighted by Gasteiger charge is 2.24. The molecule has 2 aromatic rings. The second-order valence-corrected chi connectivity index (χ2v) is 5.42. The van der Waals surface area contributed by atoms with Crippen molar-refractivity contribution >= 4 is 17.0 Å². The number of benzene rings is 1. The fourth-order valence-electron chi connectivity index (χ4n) is 1.89. The maximum Gasteiger partial charge on any atom is 0.305 e. The molecule has 0 radical (unpaired) electrons. The number of aromatic nitrogens is 1. The molecule has 1 unspecified atom stereocenters. The predicted octanol–water partition coefficient (Wildman–Crippen LogP) is 3.67. The molecule has 1 N–H and O–H groups in total. The fraction of sp³-hybridized carbons (Fsp3) is 0.308. The average molecular weight is 313 g/mol. The van der Waals surface area contributed by atoms with Gasteiger partial charge in [0, 0.05) is 23.2 Å². The lowest BCUT2D eigenvalue weighted by Gasteiger charge is -2.08. The maximum absolute atomic E-state index is 14.1. The summed E-state index contributed by atoms with van der Waals surface area (Å²) in [5.41, 5.74) is -1.22. The van der Waals surface area contributed by atoms with Gasteiger partial charge < -0.3 is 5.32 Å². The molecule has 112 valence electrons. The third kappa shape index (κ3) is 3.06. The van der Waals surface area contributed by atoms with Crippen molar-refractivity contribution < 1.29 is 13.7 Å². The number of rotatable bonds is 5. The van der Waals surface area contributed by atoms with Crippen LogP contribution in [0.5, 0.6) is 0 Å². The number of nitro benzene ring substituents is 1. The summed E-state index contributed by atoms with van der Waals surface area (Å²) in [6.07, 6.45) is 1.52. The monoisotopic (exact) mass is 313 g/mol. The van der Waals surface area contributed by atoms with E-state index in [-0.39, 0.29) is 11.0 Å². The molecular weight excluding hydrogens is 300 g/mol. The predicted molar refractivity (Wildman–Crippen MR) is 76.2 cm³/mol. The summed E-state index contributed by atoms with van der Waals surface area (Å²) in [6.45, 7) is 4.59. The number of nitro groups is 1. The van der Waals surface area contributed by atoms with Crippen molar-refractivity contribution in [2.75, 3.05) is 6.54 Å². The van der Waals surface area contributed by atoms with Crippen LogP contribution in [0.1, 0.15) is 24.8 Å². The van der Waals surface area contributed by atoms with Crippen molar-refractivity contribution in [3.8, 4) is 10.6 Å². The Kier molecular flexibility index (Phi) is 4.59. The topological polar surface area (TPSA) is 68.1 Å². The molecule has 2 rings (SSSR count). The molecule has 0 bridgehead atoms. The molecule has 0 aliphatic heterocycles. The molecule has 0 amide bonds. The van der Waals surface area contributed by atoms with Gasteiger partial charge in [-0.2, -0.15) is 4.39 Å². The Balaban J connectivity index is 2.47. The quantitative estimate of drug-likeness (QED) is 0.675. The minimum Gasteiger partial charge on any atom is -0.310 e. The van der Waals surface area contributed by atoms with Crippen molar-refractivity contribution in [2.24, 2.45) is 0 Å². The van der Waals surface area contributed by atoms with Gasteiger partial charge in [-0.3, -0.25) is 10.1 Å². The molecule has 1 atom stereocenters. The van der Waals surface area contributed by atoms with Gasteiger partial charge in [-0.15, -0.1) is 11.3 Å². The van der Waals surface area contributed by atoms with Gasteiger partial charge in [-0.05, 0) is 19.5 Å². The van der Waals surface area contributed by atoms with E-state index in [1.807, 2.05) is 13.8 Å². The van der Waals surface area contributed by atoms with Crippen LogP contribution in [0.3, 0.4) is 0 Å². The standard InChI is InChI=1S/C13H13F2N3O2S/c1-3-16-7(2)10-6-17-13(21-10)11-8(14)4-5-9(12(11)15)18(19)20/h4-7,16H,3H2,1-2H3. The molecule has 1 aromatic carbocycles. The van der Waals surface area contributed by atoms with E-state index in [9.17, 15) is 18.9 Å². The number of thiazole rings is 1. The van der Waals surface area contributed by atoms with Crippen LogP contribution in [0, 0.1) is 21.7 Å². The molecule has 0 spiro atoms. The van der Waals surface area contributed by atoms with Crippen molar-refractivity contribution in [3.63, 3.8) is 0 Å². The number of hydrogen-bond acceptors (Lipinski definition) is 5. The maximum atomic E-state index is 14.1. The van der Waals surface area contributed by atoms with Gasteiger partial charge in [-0.1, -0.05) is 6.92 Å². The number of hydrogen-bond donors (Lipinski definition) is 1. The van der Waals surface area contributed by atoms with Crippen molar-refractivity contribution in [3.05, 3.63) is 45.0 Å². The van der Waals surface area contributed by atoms with Gasteiger partial charge in [0.25, 0.3) is 0 Å². The molecule has 0 saturated heterocycles. The van der Waals surface area contributed by atoms with Crippen LogP contribution in [0.4, 0.5) is 14.5 Å². The van der Waals surface area contributed by atoms with Gasteiger partial charge in [0.2, 0.25) is 5.82 Å². The van der Waals surface area contributed by atoms with E-state index in [4.69, 9.17) is 0 Å². The second kappa shape index (κ2) is 6.23. The van der Waals surface area contributed by atoms with Crippen LogP contribution in [-0.2, 0) is 0 Å². The Morgan fingerprint density at radius 2 is 2.19 bits per heavy atom. The van der Waals surface area contributed by atoms with E-state index in [1.165, 1.54) is 6.20 Å². The summed E-state index contributed by atoms with van der Waals surface area (Å²) in [5.74, 6) is -2.06. The molecule has 8 heteroatoms. The third-order valence-corrected chi connectivity index (χ3v) is 4.14. The van der Waals surface area contributed by atoms with Gasteiger partial charge in [0.15, 0.2) is 0 Å². The molecule has 21 heavy (non-hydrogen) atoms. The van der Waals surface area contributed by atoms with Gasteiger partial charge in [-0.25, -0.2) is 9.37 Å². The molecule has 1 heterocycles. The smallest absolute Gasteiger partial charge is 0.305 e. The summed E-state index contributed by atoms with van der Waals surface area (Å²) < 4.78 is 27.9. The third-order valence-electron chi connectivity index (χ3n) is 2.94. The van der Waals surface area contributed by atoms with E-state index < -0.39 is 27.8 Å². The summed E-state index contributed by atoms with van der Waals surface area (Å²) >= 11 is 1.11. The SMILES string of the molecule is CCNC(C)c1cnc(-c2c(F)ccc([N+](=O)[O-])c2F)s1. The average Bonchev–Trinajstić information content (AvgIpc) is 2.88. The first-order valence-electron chi connectivity index (χ1n) is 6.27. The Bertz CT molecular complexity index is 675. The Labute approximate surface area is 123 Å². The summed E-state index contributed by atoms with van der Waals surface area (Å²) in [5, 5.41) is 14.0. The van der Waals surface area contributed by atoms with Crippen LogP contribution in [0.2, 0.25) is 0 Å². The minimum atomic E-state index is -1.20. The molecule has 1 aromatic heterocycles. The largest absolute Gasteiger partial charge is 0.310 e. The zero-order chi connectivity index (χ0) is 15.6. The highest BCUT2D eigenvalue weighted by Crippen LogP contribution is 2.35.